The van der Waals surface area contributed by atoms with Gasteiger partial charge in [-0.25, -0.2) is 4.98 Å². The summed E-state index contributed by atoms with van der Waals surface area (Å²) in [4.78, 5) is 19.6. The summed E-state index contributed by atoms with van der Waals surface area (Å²) >= 11 is 0. The van der Waals surface area contributed by atoms with Gasteiger partial charge in [-0.1, -0.05) is 18.2 Å². The van der Waals surface area contributed by atoms with E-state index >= 15 is 0 Å². The summed E-state index contributed by atoms with van der Waals surface area (Å²) in [5, 5.41) is 0.869. The fourth-order valence-corrected chi connectivity index (χ4v) is 3.28. The Labute approximate surface area is 164 Å². The van der Waals surface area contributed by atoms with E-state index in [0.717, 1.165) is 30.4 Å². The van der Waals surface area contributed by atoms with E-state index in [-0.39, 0.29) is 30.7 Å². The van der Waals surface area contributed by atoms with Gasteiger partial charge in [0.15, 0.2) is 5.76 Å². The summed E-state index contributed by atoms with van der Waals surface area (Å²) in [6.45, 7) is 2.11. The van der Waals surface area contributed by atoms with Crippen LogP contribution in [0.1, 0.15) is 16.8 Å². The van der Waals surface area contributed by atoms with Crippen molar-refractivity contribution in [1.82, 2.24) is 9.88 Å². The van der Waals surface area contributed by atoms with Crippen molar-refractivity contribution in [2.45, 2.75) is 6.42 Å². The number of carbonyl (C=O) groups excluding carboxylic acids is 1. The molecule has 1 aliphatic heterocycles. The quantitative estimate of drug-likeness (QED) is 0.734. The Bertz CT molecular complexity index is 884. The highest BCUT2D eigenvalue weighted by Crippen LogP contribution is 2.27. The summed E-state index contributed by atoms with van der Waals surface area (Å²) in [6.07, 6.45) is 2.58. The molecule has 26 heavy (non-hydrogen) atoms. The molecule has 0 aliphatic carbocycles. The van der Waals surface area contributed by atoms with Crippen molar-refractivity contribution in [3.05, 3.63) is 54.3 Å². The van der Waals surface area contributed by atoms with Crippen LogP contribution in [-0.2, 0) is 0 Å². The lowest BCUT2D eigenvalue weighted by atomic mass is 10.1. The molecule has 1 saturated heterocycles. The van der Waals surface area contributed by atoms with E-state index in [2.05, 4.69) is 4.98 Å². The van der Waals surface area contributed by atoms with Crippen LogP contribution in [0.5, 0.6) is 0 Å². The Morgan fingerprint density at radius 1 is 1.23 bits per heavy atom. The molecule has 1 unspecified atom stereocenters. The normalized spacial score (nSPS) is 16.2. The third kappa shape index (κ3) is 3.70. The molecule has 2 aromatic heterocycles. The Morgan fingerprint density at radius 3 is 2.73 bits per heavy atom. The van der Waals surface area contributed by atoms with E-state index in [1.807, 2.05) is 47.4 Å². The second-order valence-corrected chi connectivity index (χ2v) is 6.19. The highest BCUT2D eigenvalue weighted by Gasteiger charge is 2.27. The van der Waals surface area contributed by atoms with Gasteiger partial charge >= 0.3 is 0 Å². The van der Waals surface area contributed by atoms with E-state index in [0.29, 0.717) is 29.5 Å². The van der Waals surface area contributed by atoms with Crippen LogP contribution >= 0.6 is 24.8 Å². The van der Waals surface area contributed by atoms with Gasteiger partial charge in [0, 0.05) is 18.5 Å². The van der Waals surface area contributed by atoms with Crippen molar-refractivity contribution in [2.24, 2.45) is 11.7 Å². The zero-order chi connectivity index (χ0) is 16.5. The number of rotatable bonds is 3. The maximum absolute atomic E-state index is 13.1. The fraction of sp³-hybridized carbons (Fsp3) is 0.263. The van der Waals surface area contributed by atoms with Crippen molar-refractivity contribution in [3.63, 3.8) is 0 Å². The number of pyridine rings is 1. The maximum atomic E-state index is 13.1. The van der Waals surface area contributed by atoms with Gasteiger partial charge in [0.25, 0.3) is 5.91 Å². The van der Waals surface area contributed by atoms with Crippen LogP contribution in [0.15, 0.2) is 53.1 Å². The largest absolute Gasteiger partial charge is 0.463 e. The lowest BCUT2D eigenvalue weighted by molar-refractivity contribution is 0.0789. The van der Waals surface area contributed by atoms with Gasteiger partial charge in [-0.3, -0.25) is 4.79 Å². The van der Waals surface area contributed by atoms with Crippen LogP contribution in [-0.4, -0.2) is 35.4 Å². The molecule has 1 aromatic carbocycles. The number of amides is 1. The number of halogens is 2. The summed E-state index contributed by atoms with van der Waals surface area (Å²) in [6, 6.07) is 13.2. The van der Waals surface area contributed by atoms with E-state index in [9.17, 15) is 4.79 Å². The fourth-order valence-electron chi connectivity index (χ4n) is 3.28. The minimum absolute atomic E-state index is 0. The third-order valence-electron chi connectivity index (χ3n) is 4.63. The molecule has 0 spiro atoms. The molecule has 4 rings (SSSR count). The van der Waals surface area contributed by atoms with Gasteiger partial charge in [-0.15, -0.1) is 24.8 Å². The summed E-state index contributed by atoms with van der Waals surface area (Å²) in [5.74, 6) is 1.10. The molecule has 7 heteroatoms. The minimum Gasteiger partial charge on any atom is -0.463 e. The van der Waals surface area contributed by atoms with Crippen LogP contribution in [0.4, 0.5) is 0 Å². The summed E-state index contributed by atoms with van der Waals surface area (Å²) < 4.78 is 5.46. The lowest BCUT2D eigenvalue weighted by Crippen LogP contribution is -2.30. The number of hydrogen-bond donors (Lipinski definition) is 1. The smallest absolute Gasteiger partial charge is 0.254 e. The van der Waals surface area contributed by atoms with Gasteiger partial charge < -0.3 is 15.1 Å². The van der Waals surface area contributed by atoms with Crippen molar-refractivity contribution in [2.75, 3.05) is 19.6 Å². The standard InChI is InChI=1S/C19H19N3O2.2ClH/c20-11-13-7-8-22(12-13)19(23)15-10-17(18-6-3-9-24-18)21-16-5-2-1-4-14(15)16;;/h1-6,9-10,13H,7-8,11-12,20H2;2*1H. The molecular weight excluding hydrogens is 373 g/mol. The number of aromatic nitrogens is 1. The number of hydrogen-bond acceptors (Lipinski definition) is 4. The van der Waals surface area contributed by atoms with Crippen LogP contribution in [0.3, 0.4) is 0 Å². The number of likely N-dealkylation sites (tertiary alicyclic amines) is 1. The van der Waals surface area contributed by atoms with Gasteiger partial charge in [-0.2, -0.15) is 0 Å². The predicted octanol–water partition coefficient (Wildman–Crippen LogP) is 3.76. The van der Waals surface area contributed by atoms with Crippen LogP contribution in [0, 0.1) is 5.92 Å². The number of para-hydroxylation sites is 1. The van der Waals surface area contributed by atoms with Crippen molar-refractivity contribution >= 4 is 41.6 Å². The molecule has 5 nitrogen and oxygen atoms in total. The summed E-state index contributed by atoms with van der Waals surface area (Å²) in [5.41, 5.74) is 7.90. The number of nitrogens with zero attached hydrogens (tertiary/aromatic N) is 2. The zero-order valence-corrected chi connectivity index (χ0v) is 15.8. The minimum atomic E-state index is 0. The monoisotopic (exact) mass is 393 g/mol. The Kier molecular flexibility index (Phi) is 6.64. The highest BCUT2D eigenvalue weighted by atomic mass is 35.5. The highest BCUT2D eigenvalue weighted by molar-refractivity contribution is 6.07. The van der Waals surface area contributed by atoms with Crippen LogP contribution < -0.4 is 5.73 Å². The zero-order valence-electron chi connectivity index (χ0n) is 14.1. The molecule has 138 valence electrons. The van der Waals surface area contributed by atoms with Crippen LogP contribution in [0.25, 0.3) is 22.4 Å². The second-order valence-electron chi connectivity index (χ2n) is 6.19. The predicted molar refractivity (Wildman–Crippen MR) is 107 cm³/mol. The Balaban J connectivity index is 0.00000121. The lowest BCUT2D eigenvalue weighted by Gasteiger charge is -2.18. The number of furan rings is 1. The molecule has 0 radical (unpaired) electrons. The van der Waals surface area contributed by atoms with Gasteiger partial charge in [-0.05, 0) is 43.1 Å². The van der Waals surface area contributed by atoms with E-state index in [4.69, 9.17) is 10.2 Å². The molecule has 0 bridgehead atoms. The maximum Gasteiger partial charge on any atom is 0.254 e. The van der Waals surface area contributed by atoms with E-state index < -0.39 is 0 Å². The number of fused-ring (bicyclic) bond motifs is 1. The first-order chi connectivity index (χ1) is 11.8. The first-order valence-electron chi connectivity index (χ1n) is 8.19. The SMILES string of the molecule is Cl.Cl.NCC1CCN(C(=O)c2cc(-c3ccco3)nc3ccccc23)C1. The molecule has 1 atom stereocenters. The van der Waals surface area contributed by atoms with E-state index in [1.165, 1.54) is 0 Å². The number of benzene rings is 1. The van der Waals surface area contributed by atoms with Crippen molar-refractivity contribution < 1.29 is 9.21 Å². The van der Waals surface area contributed by atoms with Gasteiger partial charge in [0.1, 0.15) is 5.69 Å². The molecule has 1 amide bonds. The molecule has 2 N–H and O–H groups in total. The second kappa shape index (κ2) is 8.54. The topological polar surface area (TPSA) is 72.4 Å². The average Bonchev–Trinajstić information content (AvgIpc) is 3.31. The third-order valence-corrected chi connectivity index (χ3v) is 4.63. The molecule has 3 aromatic rings. The number of carbonyl (C=O) groups is 1. The Morgan fingerprint density at radius 2 is 2.04 bits per heavy atom. The molecular formula is C19H21Cl2N3O2. The van der Waals surface area contributed by atoms with Crippen LogP contribution in [0.2, 0.25) is 0 Å². The first-order valence-corrected chi connectivity index (χ1v) is 8.19. The summed E-state index contributed by atoms with van der Waals surface area (Å²) in [7, 11) is 0. The average molecular weight is 394 g/mol. The Hall–Kier alpha value is -2.08. The molecule has 3 heterocycles. The van der Waals surface area contributed by atoms with Crippen molar-refractivity contribution in [3.8, 4) is 11.5 Å². The number of nitrogens with two attached hydrogens (primary N) is 1. The van der Waals surface area contributed by atoms with Crippen molar-refractivity contribution in [1.29, 1.82) is 0 Å². The molecule has 1 aliphatic rings. The molecule has 0 saturated carbocycles. The van der Waals surface area contributed by atoms with E-state index in [1.54, 1.807) is 6.26 Å². The first kappa shape index (κ1) is 20.2. The van der Waals surface area contributed by atoms with Gasteiger partial charge in [0.05, 0.1) is 17.3 Å². The van der Waals surface area contributed by atoms with Gasteiger partial charge in [0.2, 0.25) is 0 Å². The molecule has 1 fully saturated rings.